The van der Waals surface area contributed by atoms with E-state index in [2.05, 4.69) is 42.0 Å². The molecular weight excluding hydrogens is 560 g/mol. The molecule has 0 aliphatic heterocycles. The molecule has 1 amide bonds. The van der Waals surface area contributed by atoms with Crippen LogP contribution in [0.3, 0.4) is 0 Å². The minimum atomic E-state index is -0.664. The number of amides is 1. The van der Waals surface area contributed by atoms with Gasteiger partial charge in [0.25, 0.3) is 5.91 Å². The SMILES string of the molecule is CC(O)Nc1ccc(C(=O)NCc2ccc(CNc3cc(-c4ccccc4O)nc4c(Br)cnn34)cc2)cc1. The number of fused-ring (bicyclic) bond motifs is 1. The van der Waals surface area contributed by atoms with Crippen LogP contribution in [0.1, 0.15) is 28.4 Å². The molecule has 0 radical (unpaired) electrons. The van der Waals surface area contributed by atoms with Gasteiger partial charge >= 0.3 is 0 Å². The van der Waals surface area contributed by atoms with Crippen molar-refractivity contribution in [2.24, 2.45) is 0 Å². The molecule has 2 aromatic heterocycles. The highest BCUT2D eigenvalue weighted by Gasteiger charge is 2.13. The van der Waals surface area contributed by atoms with Crippen LogP contribution in [0.2, 0.25) is 0 Å². The first kappa shape index (κ1) is 26.2. The molecule has 0 bridgehead atoms. The second-order valence-corrected chi connectivity index (χ2v) is 9.88. The van der Waals surface area contributed by atoms with Crippen molar-refractivity contribution < 1.29 is 15.0 Å². The summed E-state index contributed by atoms with van der Waals surface area (Å²) in [5.74, 6) is 0.718. The highest BCUT2D eigenvalue weighted by Crippen LogP contribution is 2.31. The standard InChI is InChI=1S/C29H27BrN6O3/c1-18(37)34-22-12-10-21(11-13-22)29(39)32-16-20-8-6-19(7-9-20)15-31-27-14-25(23-4-2-3-5-26(23)38)35-28-24(30)17-33-36(27)28/h2-14,17-18,31,34,37-38H,15-16H2,1H3,(H,32,39). The van der Waals surface area contributed by atoms with Gasteiger partial charge in [0.1, 0.15) is 17.8 Å². The average molecular weight is 587 g/mol. The van der Waals surface area contributed by atoms with E-state index >= 15 is 0 Å². The Kier molecular flexibility index (Phi) is 7.76. The fraction of sp³-hybridized carbons (Fsp3) is 0.138. The van der Waals surface area contributed by atoms with Gasteiger partial charge in [-0.1, -0.05) is 36.4 Å². The number of nitrogens with zero attached hydrogens (tertiary/aromatic N) is 3. The Balaban J connectivity index is 1.23. The number of benzene rings is 3. The van der Waals surface area contributed by atoms with E-state index in [0.717, 1.165) is 27.1 Å². The van der Waals surface area contributed by atoms with Gasteiger partial charge in [-0.15, -0.1) is 0 Å². The molecule has 0 aliphatic carbocycles. The zero-order valence-electron chi connectivity index (χ0n) is 21.1. The van der Waals surface area contributed by atoms with Crippen LogP contribution in [0.4, 0.5) is 11.5 Å². The van der Waals surface area contributed by atoms with Crippen molar-refractivity contribution in [3.8, 4) is 17.0 Å². The van der Waals surface area contributed by atoms with Gasteiger partial charge in [0.15, 0.2) is 5.65 Å². The van der Waals surface area contributed by atoms with Crippen molar-refractivity contribution >= 4 is 39.0 Å². The third-order valence-corrected chi connectivity index (χ3v) is 6.64. The second kappa shape index (κ2) is 11.5. The molecule has 0 spiro atoms. The van der Waals surface area contributed by atoms with E-state index in [0.29, 0.717) is 35.6 Å². The summed E-state index contributed by atoms with van der Waals surface area (Å²) >= 11 is 3.50. The van der Waals surface area contributed by atoms with Gasteiger partial charge in [-0.2, -0.15) is 9.61 Å². The summed E-state index contributed by atoms with van der Waals surface area (Å²) < 4.78 is 2.46. The first-order valence-electron chi connectivity index (χ1n) is 12.3. The Morgan fingerprint density at radius 3 is 2.38 bits per heavy atom. The zero-order valence-corrected chi connectivity index (χ0v) is 22.7. The van der Waals surface area contributed by atoms with Gasteiger partial charge in [-0.3, -0.25) is 4.79 Å². The number of carbonyl (C=O) groups excluding carboxylic acids is 1. The summed E-state index contributed by atoms with van der Waals surface area (Å²) in [5, 5.41) is 33.4. The minimum Gasteiger partial charge on any atom is -0.507 e. The molecule has 1 unspecified atom stereocenters. The molecule has 9 nitrogen and oxygen atoms in total. The lowest BCUT2D eigenvalue weighted by molar-refractivity contribution is 0.0951. The monoisotopic (exact) mass is 586 g/mol. The number of phenolic OH excluding ortho intramolecular Hbond substituents is 1. The van der Waals surface area contributed by atoms with Gasteiger partial charge in [0.2, 0.25) is 0 Å². The summed E-state index contributed by atoms with van der Waals surface area (Å²) in [6, 6.07) is 23.9. The highest BCUT2D eigenvalue weighted by atomic mass is 79.9. The number of aliphatic hydroxyl groups excluding tert-OH is 1. The largest absolute Gasteiger partial charge is 0.507 e. The second-order valence-electron chi connectivity index (χ2n) is 9.02. The highest BCUT2D eigenvalue weighted by molar-refractivity contribution is 9.10. The maximum Gasteiger partial charge on any atom is 0.251 e. The number of phenols is 1. The molecular formula is C29H27BrN6O3. The number of hydrogen-bond donors (Lipinski definition) is 5. The van der Waals surface area contributed by atoms with Gasteiger partial charge in [0.05, 0.1) is 16.4 Å². The lowest BCUT2D eigenvalue weighted by atomic mass is 10.1. The number of rotatable bonds is 9. The first-order valence-corrected chi connectivity index (χ1v) is 13.1. The smallest absolute Gasteiger partial charge is 0.251 e. The molecule has 1 atom stereocenters. The van der Waals surface area contributed by atoms with Gasteiger partial charge < -0.3 is 26.2 Å². The number of aromatic nitrogens is 3. The zero-order chi connectivity index (χ0) is 27.4. The summed E-state index contributed by atoms with van der Waals surface area (Å²) in [6.45, 7) is 2.57. The number of aliphatic hydroxyl groups is 1. The fourth-order valence-corrected chi connectivity index (χ4v) is 4.45. The molecule has 39 heavy (non-hydrogen) atoms. The number of aromatic hydroxyl groups is 1. The molecule has 10 heteroatoms. The summed E-state index contributed by atoms with van der Waals surface area (Å²) in [7, 11) is 0. The quantitative estimate of drug-likeness (QED) is 0.151. The topological polar surface area (TPSA) is 124 Å². The summed E-state index contributed by atoms with van der Waals surface area (Å²) in [6.07, 6.45) is 1.02. The Hall–Kier alpha value is -4.41. The van der Waals surface area contributed by atoms with Crippen molar-refractivity contribution in [1.29, 1.82) is 0 Å². The molecule has 0 aliphatic rings. The molecule has 3 aromatic carbocycles. The van der Waals surface area contributed by atoms with Crippen LogP contribution in [-0.2, 0) is 13.1 Å². The molecule has 2 heterocycles. The number of hydrogen-bond acceptors (Lipinski definition) is 7. The van der Waals surface area contributed by atoms with E-state index in [1.54, 1.807) is 54.0 Å². The summed E-state index contributed by atoms with van der Waals surface area (Å²) in [5.41, 5.74) is 5.21. The van der Waals surface area contributed by atoms with Crippen LogP contribution in [0.15, 0.2) is 89.5 Å². The predicted molar refractivity (Wildman–Crippen MR) is 154 cm³/mol. The van der Waals surface area contributed by atoms with E-state index in [4.69, 9.17) is 0 Å². The third kappa shape index (κ3) is 6.19. The number of carbonyl (C=O) groups is 1. The molecule has 5 aromatic rings. The lowest BCUT2D eigenvalue weighted by Gasteiger charge is -2.12. The van der Waals surface area contributed by atoms with E-state index in [1.807, 2.05) is 42.5 Å². The van der Waals surface area contributed by atoms with Crippen LogP contribution in [0.5, 0.6) is 5.75 Å². The Morgan fingerprint density at radius 1 is 1.00 bits per heavy atom. The van der Waals surface area contributed by atoms with Crippen LogP contribution >= 0.6 is 15.9 Å². The van der Waals surface area contributed by atoms with E-state index in [9.17, 15) is 15.0 Å². The number of halogens is 1. The molecule has 0 saturated heterocycles. The van der Waals surface area contributed by atoms with E-state index < -0.39 is 6.23 Å². The molecule has 5 N–H and O–H groups in total. The first-order chi connectivity index (χ1) is 18.9. The van der Waals surface area contributed by atoms with Gasteiger partial charge in [0, 0.05) is 36.0 Å². The Morgan fingerprint density at radius 2 is 1.69 bits per heavy atom. The Labute approximate surface area is 233 Å². The van der Waals surface area contributed by atoms with E-state index in [1.165, 1.54) is 0 Å². The lowest BCUT2D eigenvalue weighted by Crippen LogP contribution is -2.22. The number of anilines is 2. The fourth-order valence-electron chi connectivity index (χ4n) is 4.10. The Bertz CT molecular complexity index is 1600. The van der Waals surface area contributed by atoms with Crippen LogP contribution in [0.25, 0.3) is 16.9 Å². The van der Waals surface area contributed by atoms with Crippen molar-refractivity contribution in [3.05, 3.63) is 106 Å². The van der Waals surface area contributed by atoms with Crippen molar-refractivity contribution in [2.45, 2.75) is 26.2 Å². The normalized spacial score (nSPS) is 11.8. The maximum absolute atomic E-state index is 12.5. The number of para-hydroxylation sites is 1. The van der Waals surface area contributed by atoms with E-state index in [-0.39, 0.29) is 11.7 Å². The minimum absolute atomic E-state index is 0.156. The van der Waals surface area contributed by atoms with Crippen LogP contribution in [-0.4, -0.2) is 36.9 Å². The van der Waals surface area contributed by atoms with Gasteiger partial charge in [-0.25, -0.2) is 4.98 Å². The molecule has 0 saturated carbocycles. The maximum atomic E-state index is 12.5. The van der Waals surface area contributed by atoms with Crippen LogP contribution in [0, 0.1) is 0 Å². The predicted octanol–water partition coefficient (Wildman–Crippen LogP) is 5.16. The van der Waals surface area contributed by atoms with Crippen molar-refractivity contribution in [1.82, 2.24) is 19.9 Å². The summed E-state index contributed by atoms with van der Waals surface area (Å²) in [4.78, 5) is 17.2. The molecule has 198 valence electrons. The average Bonchev–Trinajstić information content (AvgIpc) is 3.32. The molecule has 0 fully saturated rings. The number of nitrogens with one attached hydrogen (secondary N) is 3. The molecule has 5 rings (SSSR count). The van der Waals surface area contributed by atoms with Crippen molar-refractivity contribution in [2.75, 3.05) is 10.6 Å². The van der Waals surface area contributed by atoms with Gasteiger partial charge in [-0.05, 0) is 70.4 Å². The third-order valence-electron chi connectivity index (χ3n) is 6.08. The van der Waals surface area contributed by atoms with Crippen molar-refractivity contribution in [3.63, 3.8) is 0 Å². The van der Waals surface area contributed by atoms with Crippen LogP contribution < -0.4 is 16.0 Å².